The lowest BCUT2D eigenvalue weighted by Crippen LogP contribution is -2.49. The molecule has 0 amide bonds. The third-order valence-electron chi connectivity index (χ3n) is 3.40. The molecule has 6 heteroatoms. The number of nitrogens with two attached hydrogens (primary N) is 1. The van der Waals surface area contributed by atoms with E-state index in [9.17, 15) is 0 Å². The SMILES string of the molecule is NCC(c1cc(Br)cs1)N1CCN(CCO)CC1. The molecule has 0 spiro atoms. The quantitative estimate of drug-likeness (QED) is 0.847. The van der Waals surface area contributed by atoms with Crippen LogP contribution in [0.2, 0.25) is 0 Å². The molecule has 3 N–H and O–H groups in total. The molecule has 1 aliphatic heterocycles. The van der Waals surface area contributed by atoms with Crippen molar-refractivity contribution in [2.45, 2.75) is 6.04 Å². The van der Waals surface area contributed by atoms with Gasteiger partial charge in [0.05, 0.1) is 12.6 Å². The summed E-state index contributed by atoms with van der Waals surface area (Å²) in [6.45, 7) is 5.78. The summed E-state index contributed by atoms with van der Waals surface area (Å²) in [5, 5.41) is 11.1. The molecule has 18 heavy (non-hydrogen) atoms. The van der Waals surface area contributed by atoms with E-state index < -0.39 is 0 Å². The number of rotatable bonds is 5. The highest BCUT2D eigenvalue weighted by atomic mass is 79.9. The van der Waals surface area contributed by atoms with Crippen LogP contribution in [0.5, 0.6) is 0 Å². The van der Waals surface area contributed by atoms with Crippen molar-refractivity contribution < 1.29 is 5.11 Å². The van der Waals surface area contributed by atoms with E-state index in [0.717, 1.165) is 37.2 Å². The largest absolute Gasteiger partial charge is 0.395 e. The molecule has 4 nitrogen and oxygen atoms in total. The lowest BCUT2D eigenvalue weighted by atomic mass is 10.1. The number of aliphatic hydroxyl groups excluding tert-OH is 1. The van der Waals surface area contributed by atoms with Crippen molar-refractivity contribution in [3.8, 4) is 0 Å². The highest BCUT2D eigenvalue weighted by Gasteiger charge is 2.24. The van der Waals surface area contributed by atoms with E-state index in [1.165, 1.54) is 4.88 Å². The van der Waals surface area contributed by atoms with Crippen LogP contribution in [0, 0.1) is 0 Å². The maximum absolute atomic E-state index is 8.94. The summed E-state index contributed by atoms with van der Waals surface area (Å²) < 4.78 is 1.14. The van der Waals surface area contributed by atoms with Crippen molar-refractivity contribution in [1.82, 2.24) is 9.80 Å². The van der Waals surface area contributed by atoms with Gasteiger partial charge in [0.15, 0.2) is 0 Å². The number of thiophene rings is 1. The van der Waals surface area contributed by atoms with E-state index in [1.54, 1.807) is 11.3 Å². The molecule has 0 aromatic carbocycles. The number of hydrogen-bond acceptors (Lipinski definition) is 5. The maximum atomic E-state index is 8.94. The molecule has 0 saturated carbocycles. The van der Waals surface area contributed by atoms with Gasteiger partial charge >= 0.3 is 0 Å². The fourth-order valence-corrected chi connectivity index (χ4v) is 3.98. The summed E-state index contributed by atoms with van der Waals surface area (Å²) >= 11 is 5.26. The minimum atomic E-state index is 0.248. The zero-order chi connectivity index (χ0) is 13.0. The first kappa shape index (κ1) is 14.4. The van der Waals surface area contributed by atoms with Gasteiger partial charge in [-0.25, -0.2) is 0 Å². The van der Waals surface area contributed by atoms with Crippen LogP contribution >= 0.6 is 27.3 Å². The van der Waals surface area contributed by atoms with E-state index in [1.807, 2.05) is 0 Å². The molecule has 1 aliphatic rings. The highest BCUT2D eigenvalue weighted by molar-refractivity contribution is 9.10. The smallest absolute Gasteiger partial charge is 0.0565 e. The minimum absolute atomic E-state index is 0.248. The van der Waals surface area contributed by atoms with Crippen molar-refractivity contribution in [2.24, 2.45) is 5.73 Å². The van der Waals surface area contributed by atoms with E-state index in [0.29, 0.717) is 12.6 Å². The molecule has 102 valence electrons. The van der Waals surface area contributed by atoms with Gasteiger partial charge in [-0.2, -0.15) is 0 Å². The molecule has 0 aliphatic carbocycles. The third kappa shape index (κ3) is 3.53. The van der Waals surface area contributed by atoms with Gasteiger partial charge in [0.1, 0.15) is 0 Å². The Bertz CT molecular complexity index is 366. The van der Waals surface area contributed by atoms with E-state index in [-0.39, 0.29) is 6.61 Å². The second-order valence-electron chi connectivity index (χ2n) is 4.52. The second-order valence-corrected chi connectivity index (χ2v) is 6.38. The Morgan fingerprint density at radius 2 is 2.11 bits per heavy atom. The van der Waals surface area contributed by atoms with Crippen LogP contribution in [0.15, 0.2) is 15.9 Å². The topological polar surface area (TPSA) is 52.7 Å². The summed E-state index contributed by atoms with van der Waals surface area (Å²) in [6.07, 6.45) is 0. The average Bonchev–Trinajstić information content (AvgIpc) is 2.79. The summed E-state index contributed by atoms with van der Waals surface area (Å²) in [5.41, 5.74) is 5.93. The van der Waals surface area contributed by atoms with Crippen molar-refractivity contribution in [3.05, 3.63) is 20.8 Å². The molecule has 1 saturated heterocycles. The van der Waals surface area contributed by atoms with Crippen LogP contribution in [0.1, 0.15) is 10.9 Å². The van der Waals surface area contributed by atoms with Gasteiger partial charge in [0.2, 0.25) is 0 Å². The normalized spacial score (nSPS) is 20.2. The average molecular weight is 334 g/mol. The van der Waals surface area contributed by atoms with Crippen molar-refractivity contribution in [2.75, 3.05) is 45.9 Å². The molecular formula is C12H20BrN3OS. The number of nitrogens with zero attached hydrogens (tertiary/aromatic N) is 2. The van der Waals surface area contributed by atoms with E-state index in [4.69, 9.17) is 10.8 Å². The van der Waals surface area contributed by atoms with Gasteiger partial charge in [-0.15, -0.1) is 11.3 Å². The fraction of sp³-hybridized carbons (Fsp3) is 0.667. The van der Waals surface area contributed by atoms with Crippen molar-refractivity contribution in [1.29, 1.82) is 0 Å². The first-order valence-electron chi connectivity index (χ1n) is 6.26. The molecule has 1 atom stereocenters. The molecular weight excluding hydrogens is 314 g/mol. The molecule has 0 radical (unpaired) electrons. The van der Waals surface area contributed by atoms with Gasteiger partial charge in [-0.05, 0) is 22.0 Å². The molecule has 1 fully saturated rings. The van der Waals surface area contributed by atoms with Crippen molar-refractivity contribution >= 4 is 27.3 Å². The maximum Gasteiger partial charge on any atom is 0.0565 e. The Balaban J connectivity index is 1.94. The predicted octanol–water partition coefficient (Wildman–Crippen LogP) is 1.12. The van der Waals surface area contributed by atoms with Gasteiger partial charge in [0, 0.05) is 54.0 Å². The zero-order valence-electron chi connectivity index (χ0n) is 10.4. The summed E-state index contributed by atoms with van der Waals surface area (Å²) in [4.78, 5) is 6.08. The summed E-state index contributed by atoms with van der Waals surface area (Å²) in [7, 11) is 0. The second kappa shape index (κ2) is 6.98. The number of piperazine rings is 1. The van der Waals surface area contributed by atoms with Crippen LogP contribution in [0.3, 0.4) is 0 Å². The van der Waals surface area contributed by atoms with Gasteiger partial charge in [-0.1, -0.05) is 0 Å². The van der Waals surface area contributed by atoms with Crippen LogP contribution in [-0.2, 0) is 0 Å². The summed E-state index contributed by atoms with van der Waals surface area (Å²) in [6, 6.07) is 2.50. The van der Waals surface area contributed by atoms with Crippen LogP contribution < -0.4 is 5.73 Å². The first-order valence-corrected chi connectivity index (χ1v) is 7.93. The molecule has 2 heterocycles. The summed E-state index contributed by atoms with van der Waals surface area (Å²) in [5.74, 6) is 0. The van der Waals surface area contributed by atoms with Crippen LogP contribution in [-0.4, -0.2) is 60.8 Å². The number of halogens is 1. The van der Waals surface area contributed by atoms with Crippen LogP contribution in [0.25, 0.3) is 0 Å². The van der Waals surface area contributed by atoms with E-state index in [2.05, 4.69) is 37.2 Å². The van der Waals surface area contributed by atoms with Gasteiger partial charge in [-0.3, -0.25) is 9.80 Å². The number of hydrogen-bond donors (Lipinski definition) is 2. The third-order valence-corrected chi connectivity index (χ3v) is 5.20. The predicted molar refractivity (Wildman–Crippen MR) is 78.9 cm³/mol. The highest BCUT2D eigenvalue weighted by Crippen LogP contribution is 2.29. The molecule has 1 aromatic rings. The Kier molecular flexibility index (Phi) is 5.59. The number of aliphatic hydroxyl groups is 1. The Labute approximate surface area is 121 Å². The minimum Gasteiger partial charge on any atom is -0.395 e. The molecule has 0 bridgehead atoms. The lowest BCUT2D eigenvalue weighted by molar-refractivity contribution is 0.0867. The fourth-order valence-electron chi connectivity index (χ4n) is 2.39. The molecule has 2 rings (SSSR count). The van der Waals surface area contributed by atoms with Gasteiger partial charge in [0.25, 0.3) is 0 Å². The van der Waals surface area contributed by atoms with E-state index >= 15 is 0 Å². The monoisotopic (exact) mass is 333 g/mol. The Morgan fingerprint density at radius 1 is 1.39 bits per heavy atom. The molecule has 1 aromatic heterocycles. The van der Waals surface area contributed by atoms with Crippen LogP contribution in [0.4, 0.5) is 0 Å². The Morgan fingerprint density at radius 3 is 2.61 bits per heavy atom. The standard InChI is InChI=1S/C12H20BrN3OS/c13-10-7-12(18-9-10)11(8-14)16-3-1-15(2-4-16)5-6-17/h7,9,11,17H,1-6,8,14H2. The van der Waals surface area contributed by atoms with Gasteiger partial charge < -0.3 is 10.8 Å². The lowest BCUT2D eigenvalue weighted by Gasteiger charge is -2.38. The first-order chi connectivity index (χ1) is 8.74. The zero-order valence-corrected chi connectivity index (χ0v) is 12.8. The van der Waals surface area contributed by atoms with Crippen molar-refractivity contribution in [3.63, 3.8) is 0 Å². The number of β-amino-alcohol motifs (C(OH)–C–C–N with tert-alkyl or cyclic N) is 1. The molecule has 1 unspecified atom stereocenters. The Hall–Kier alpha value is 0.0200.